The molecule has 2 heterocycles. The maximum atomic E-state index is 12.7. The Hall–Kier alpha value is -1.57. The highest BCUT2D eigenvalue weighted by atomic mass is 32.2. The second-order valence-corrected chi connectivity index (χ2v) is 8.00. The van der Waals surface area contributed by atoms with Crippen molar-refractivity contribution in [3.05, 3.63) is 5.82 Å². The number of hydrogen-bond acceptors (Lipinski definition) is 5. The normalized spacial score (nSPS) is 23.3. The average molecular weight is 366 g/mol. The Bertz CT molecular complexity index is 631. The molecule has 0 radical (unpaired) electrons. The highest BCUT2D eigenvalue weighted by Crippen LogP contribution is 2.35. The number of fused-ring (bicyclic) bond motifs is 1. The van der Waals surface area contributed by atoms with Gasteiger partial charge in [-0.2, -0.15) is 0 Å². The SMILES string of the molecule is Cn1c(CCC(N)=O)nnc1SCC(=O)N1CCC[C@H]2CCCC[C@H]21. The van der Waals surface area contributed by atoms with Crippen LogP contribution in [0.2, 0.25) is 0 Å². The van der Waals surface area contributed by atoms with Crippen molar-refractivity contribution < 1.29 is 9.59 Å². The van der Waals surface area contributed by atoms with E-state index in [1.807, 2.05) is 11.6 Å². The molecule has 1 aliphatic carbocycles. The zero-order valence-electron chi connectivity index (χ0n) is 14.8. The second kappa shape index (κ2) is 8.21. The molecule has 1 saturated carbocycles. The number of hydrogen-bond donors (Lipinski definition) is 1. The van der Waals surface area contributed by atoms with E-state index in [0.29, 0.717) is 29.3 Å². The zero-order chi connectivity index (χ0) is 17.8. The lowest BCUT2D eigenvalue weighted by atomic mass is 9.78. The molecule has 0 unspecified atom stereocenters. The Morgan fingerprint density at radius 3 is 2.76 bits per heavy atom. The summed E-state index contributed by atoms with van der Waals surface area (Å²) in [6.45, 7) is 0.892. The van der Waals surface area contributed by atoms with Crippen LogP contribution in [0.4, 0.5) is 0 Å². The molecule has 25 heavy (non-hydrogen) atoms. The lowest BCUT2D eigenvalue weighted by Gasteiger charge is -2.44. The van der Waals surface area contributed by atoms with Crippen molar-refractivity contribution in [3.8, 4) is 0 Å². The predicted molar refractivity (Wildman–Crippen MR) is 95.9 cm³/mol. The summed E-state index contributed by atoms with van der Waals surface area (Å²) in [5, 5.41) is 8.96. The number of nitrogens with two attached hydrogens (primary N) is 1. The zero-order valence-corrected chi connectivity index (χ0v) is 15.6. The first-order chi connectivity index (χ1) is 12.1. The molecule has 0 spiro atoms. The maximum absolute atomic E-state index is 12.7. The summed E-state index contributed by atoms with van der Waals surface area (Å²) in [5.41, 5.74) is 5.18. The van der Waals surface area contributed by atoms with E-state index < -0.39 is 0 Å². The topological polar surface area (TPSA) is 94.1 Å². The minimum absolute atomic E-state index is 0.211. The largest absolute Gasteiger partial charge is 0.370 e. The van der Waals surface area contributed by atoms with Gasteiger partial charge < -0.3 is 15.2 Å². The van der Waals surface area contributed by atoms with Crippen LogP contribution in [0.25, 0.3) is 0 Å². The van der Waals surface area contributed by atoms with Crippen molar-refractivity contribution in [3.63, 3.8) is 0 Å². The van der Waals surface area contributed by atoms with Crippen molar-refractivity contribution >= 4 is 23.6 Å². The first-order valence-electron chi connectivity index (χ1n) is 9.15. The van der Waals surface area contributed by atoms with Crippen LogP contribution in [-0.2, 0) is 23.1 Å². The van der Waals surface area contributed by atoms with Crippen molar-refractivity contribution in [2.45, 2.75) is 62.6 Å². The first-order valence-corrected chi connectivity index (χ1v) is 10.1. The minimum Gasteiger partial charge on any atom is -0.370 e. The fraction of sp³-hybridized carbons (Fsp3) is 0.765. The Labute approximate surface area is 152 Å². The van der Waals surface area contributed by atoms with E-state index in [9.17, 15) is 9.59 Å². The van der Waals surface area contributed by atoms with Crippen LogP contribution in [-0.4, -0.2) is 49.8 Å². The monoisotopic (exact) mass is 365 g/mol. The van der Waals surface area contributed by atoms with Gasteiger partial charge in [-0.05, 0) is 31.6 Å². The molecule has 1 saturated heterocycles. The number of nitrogens with zero attached hydrogens (tertiary/aromatic N) is 4. The summed E-state index contributed by atoms with van der Waals surface area (Å²) in [6, 6.07) is 0.446. The van der Waals surface area contributed by atoms with Gasteiger partial charge in [0, 0.05) is 32.5 Å². The Balaban J connectivity index is 1.56. The maximum Gasteiger partial charge on any atom is 0.233 e. The lowest BCUT2D eigenvalue weighted by molar-refractivity contribution is -0.134. The van der Waals surface area contributed by atoms with Crippen LogP contribution >= 0.6 is 11.8 Å². The van der Waals surface area contributed by atoms with Gasteiger partial charge >= 0.3 is 0 Å². The molecule has 1 aliphatic heterocycles. The molecule has 8 heteroatoms. The quantitative estimate of drug-likeness (QED) is 0.771. The highest BCUT2D eigenvalue weighted by molar-refractivity contribution is 7.99. The van der Waals surface area contributed by atoms with Crippen LogP contribution in [0.3, 0.4) is 0 Å². The molecule has 3 rings (SSSR count). The standard InChI is InChI=1S/C17H27N5O2S/c1-21-15(9-8-14(18)23)19-20-17(21)25-11-16(24)22-10-4-6-12-5-2-3-7-13(12)22/h12-13H,2-11H2,1H3,(H2,18,23)/t12-,13-/m1/s1. The molecule has 2 amide bonds. The third-order valence-corrected chi connectivity index (χ3v) is 6.41. The number of likely N-dealkylation sites (tertiary alicyclic amines) is 1. The van der Waals surface area contributed by atoms with E-state index in [2.05, 4.69) is 15.1 Å². The molecule has 0 aromatic carbocycles. The van der Waals surface area contributed by atoms with Gasteiger partial charge in [0.05, 0.1) is 5.75 Å². The Morgan fingerprint density at radius 2 is 1.96 bits per heavy atom. The van der Waals surface area contributed by atoms with E-state index in [1.54, 1.807) is 0 Å². The molecular formula is C17H27N5O2S. The first kappa shape index (κ1) is 18.2. The van der Waals surface area contributed by atoms with Gasteiger partial charge in [0.2, 0.25) is 11.8 Å². The van der Waals surface area contributed by atoms with E-state index in [1.165, 1.54) is 37.4 Å². The Morgan fingerprint density at radius 1 is 1.20 bits per heavy atom. The number of piperidine rings is 1. The molecule has 2 N–H and O–H groups in total. The van der Waals surface area contributed by atoms with E-state index in [-0.39, 0.29) is 18.2 Å². The van der Waals surface area contributed by atoms with Gasteiger partial charge in [-0.25, -0.2) is 0 Å². The predicted octanol–water partition coefficient (Wildman–Crippen LogP) is 1.51. The molecule has 138 valence electrons. The molecule has 7 nitrogen and oxygen atoms in total. The number of thioether (sulfide) groups is 1. The number of amides is 2. The number of carbonyl (C=O) groups excluding carboxylic acids is 2. The summed E-state index contributed by atoms with van der Waals surface area (Å²) in [7, 11) is 1.86. The smallest absolute Gasteiger partial charge is 0.233 e. The van der Waals surface area contributed by atoms with Gasteiger partial charge in [-0.1, -0.05) is 24.6 Å². The number of rotatable bonds is 6. The van der Waals surface area contributed by atoms with E-state index in [0.717, 1.165) is 25.2 Å². The average Bonchev–Trinajstić information content (AvgIpc) is 2.97. The molecule has 1 aromatic rings. The third kappa shape index (κ3) is 4.34. The molecular weight excluding hydrogens is 338 g/mol. The molecule has 2 aliphatic rings. The van der Waals surface area contributed by atoms with Crippen molar-refractivity contribution in [2.75, 3.05) is 12.3 Å². The fourth-order valence-electron chi connectivity index (χ4n) is 4.07. The van der Waals surface area contributed by atoms with Crippen LogP contribution in [0.1, 0.15) is 50.8 Å². The number of aryl methyl sites for hydroxylation is 1. The van der Waals surface area contributed by atoms with Gasteiger partial charge in [0.25, 0.3) is 0 Å². The van der Waals surface area contributed by atoms with Crippen molar-refractivity contribution in [2.24, 2.45) is 18.7 Å². The molecule has 2 fully saturated rings. The van der Waals surface area contributed by atoms with Crippen LogP contribution < -0.4 is 5.73 Å². The van der Waals surface area contributed by atoms with Crippen LogP contribution in [0.5, 0.6) is 0 Å². The summed E-state index contributed by atoms with van der Waals surface area (Å²) in [6.07, 6.45) is 8.11. The highest BCUT2D eigenvalue weighted by Gasteiger charge is 2.35. The minimum atomic E-state index is -0.348. The van der Waals surface area contributed by atoms with Crippen molar-refractivity contribution in [1.29, 1.82) is 0 Å². The fourth-order valence-corrected chi connectivity index (χ4v) is 4.88. The summed E-state index contributed by atoms with van der Waals surface area (Å²) < 4.78 is 1.85. The summed E-state index contributed by atoms with van der Waals surface area (Å²) in [5.74, 6) is 1.68. The van der Waals surface area contributed by atoms with Gasteiger partial charge in [0.1, 0.15) is 5.82 Å². The number of aromatic nitrogens is 3. The van der Waals surface area contributed by atoms with Crippen LogP contribution in [0.15, 0.2) is 5.16 Å². The molecule has 0 bridgehead atoms. The van der Waals surface area contributed by atoms with E-state index in [4.69, 9.17) is 5.73 Å². The lowest BCUT2D eigenvalue weighted by Crippen LogP contribution is -2.50. The van der Waals surface area contributed by atoms with Crippen LogP contribution in [0, 0.1) is 5.92 Å². The van der Waals surface area contributed by atoms with Gasteiger partial charge in [-0.15, -0.1) is 10.2 Å². The van der Waals surface area contributed by atoms with Crippen molar-refractivity contribution in [1.82, 2.24) is 19.7 Å². The number of carbonyl (C=O) groups is 2. The Kier molecular flexibility index (Phi) is 5.98. The van der Waals surface area contributed by atoms with Gasteiger partial charge in [-0.3, -0.25) is 9.59 Å². The molecule has 2 atom stereocenters. The third-order valence-electron chi connectivity index (χ3n) is 5.41. The van der Waals surface area contributed by atoms with E-state index >= 15 is 0 Å². The van der Waals surface area contributed by atoms with Gasteiger partial charge in [0.15, 0.2) is 5.16 Å². The second-order valence-electron chi connectivity index (χ2n) is 7.05. The molecule has 1 aromatic heterocycles. The summed E-state index contributed by atoms with van der Waals surface area (Å²) >= 11 is 1.43. The number of primary amides is 1. The summed E-state index contributed by atoms with van der Waals surface area (Å²) in [4.78, 5) is 25.8.